The molecule has 0 atom stereocenters. The fourth-order valence-electron chi connectivity index (χ4n) is 1.42. The molecule has 1 heterocycles. The van der Waals surface area contributed by atoms with Crippen LogP contribution in [0, 0.1) is 10.1 Å². The van der Waals surface area contributed by atoms with E-state index in [4.69, 9.17) is 0 Å². The van der Waals surface area contributed by atoms with Gasteiger partial charge in [-0.25, -0.2) is 0 Å². The number of non-ortho nitro benzene ring substituents is 1. The number of nitrogens with zero attached hydrogens (tertiary/aromatic N) is 2. The Balaban J connectivity index is 0.00000180. The highest BCUT2D eigenvalue weighted by Crippen LogP contribution is 2.12. The second-order valence-corrected chi connectivity index (χ2v) is 3.53. The highest BCUT2D eigenvalue weighted by molar-refractivity contribution is 5.99. The summed E-state index contributed by atoms with van der Waals surface area (Å²) in [5.74, 6) is -0.408. The van der Waals surface area contributed by atoms with Crippen molar-refractivity contribution in [1.82, 2.24) is 0 Å². The molecule has 0 saturated heterocycles. The van der Waals surface area contributed by atoms with Gasteiger partial charge < -0.3 is 12.4 Å². The van der Waals surface area contributed by atoms with Crippen molar-refractivity contribution < 1.29 is 26.8 Å². The van der Waals surface area contributed by atoms with Gasteiger partial charge in [0.2, 0.25) is 0 Å². The number of carbonyl (C=O) groups excluding carboxylic acids is 1. The molecule has 98 valence electrons. The van der Waals surface area contributed by atoms with Gasteiger partial charge in [-0.3, -0.25) is 14.9 Å². The van der Waals surface area contributed by atoms with Crippen LogP contribution >= 0.6 is 0 Å². The molecule has 0 fully saturated rings. The molecule has 1 amide bonds. The molecule has 2 aromatic rings. The van der Waals surface area contributed by atoms with E-state index in [9.17, 15) is 14.9 Å². The Labute approximate surface area is 115 Å². The molecule has 0 spiro atoms. The highest BCUT2D eigenvalue weighted by Gasteiger charge is 2.13. The van der Waals surface area contributed by atoms with E-state index < -0.39 is 10.8 Å². The molecule has 1 aromatic carbocycles. The maximum Gasteiger partial charge on any atom is 0.305 e. The third-order valence-corrected chi connectivity index (χ3v) is 2.27. The van der Waals surface area contributed by atoms with Crippen LogP contribution in [0.2, 0.25) is 0 Å². The van der Waals surface area contributed by atoms with E-state index in [0.717, 1.165) is 0 Å². The maximum atomic E-state index is 11.8. The molecule has 19 heavy (non-hydrogen) atoms. The molecule has 1 aromatic heterocycles. The summed E-state index contributed by atoms with van der Waals surface area (Å²) in [4.78, 5) is 21.9. The number of rotatable bonds is 3. The number of nitro groups is 1. The van der Waals surface area contributed by atoms with Crippen molar-refractivity contribution in [2.45, 2.75) is 0 Å². The van der Waals surface area contributed by atoms with Crippen molar-refractivity contribution in [3.05, 3.63) is 70.5 Å². The Morgan fingerprint density at radius 3 is 2.47 bits per heavy atom. The fraction of sp³-hybridized carbons (Fsp3) is 0. The predicted molar refractivity (Wildman–Crippen MR) is 63.4 cm³/mol. The van der Waals surface area contributed by atoms with Crippen LogP contribution in [0.1, 0.15) is 10.4 Å². The lowest BCUT2D eigenvalue weighted by Gasteiger charge is -1.99. The summed E-state index contributed by atoms with van der Waals surface area (Å²) in [6.45, 7) is 0. The smallest absolute Gasteiger partial charge is 0.305 e. The van der Waals surface area contributed by atoms with E-state index in [1.54, 1.807) is 24.5 Å². The molecule has 7 heteroatoms. The number of hydrogen-bond donors (Lipinski definition) is 1. The average molecular weight is 280 g/mol. The standard InChI is InChI=1S/C12H9N3O3.ClH/c16-12(13-14-7-2-1-3-8-14)10-5-4-6-11(9-10)15(17)18;/h1-9H;1H. The first-order chi connectivity index (χ1) is 8.66. The van der Waals surface area contributed by atoms with Crippen molar-refractivity contribution in [3.63, 3.8) is 0 Å². The summed E-state index contributed by atoms with van der Waals surface area (Å²) in [7, 11) is 0. The van der Waals surface area contributed by atoms with Crippen molar-refractivity contribution in [1.29, 1.82) is 0 Å². The Morgan fingerprint density at radius 2 is 1.84 bits per heavy atom. The number of benzene rings is 1. The summed E-state index contributed by atoms with van der Waals surface area (Å²) in [5, 5.41) is 10.6. The number of halogens is 1. The lowest BCUT2D eigenvalue weighted by molar-refractivity contribution is -0.641. The molecular formula is C12H10ClN3O3. The Kier molecular flexibility index (Phi) is 4.96. The number of carbonyl (C=O) groups is 1. The van der Waals surface area contributed by atoms with E-state index in [2.05, 4.69) is 5.43 Å². The predicted octanol–water partition coefficient (Wildman–Crippen LogP) is -1.73. The monoisotopic (exact) mass is 279 g/mol. The largest absolute Gasteiger partial charge is 1.00 e. The van der Waals surface area contributed by atoms with Gasteiger partial charge in [0.1, 0.15) is 0 Å². The molecule has 0 bridgehead atoms. The van der Waals surface area contributed by atoms with Crippen LogP contribution in [0.5, 0.6) is 0 Å². The first-order valence-corrected chi connectivity index (χ1v) is 5.19. The molecular weight excluding hydrogens is 270 g/mol. The topological polar surface area (TPSA) is 76.1 Å². The lowest BCUT2D eigenvalue weighted by atomic mass is 10.2. The molecule has 6 nitrogen and oxygen atoms in total. The second-order valence-electron chi connectivity index (χ2n) is 3.53. The van der Waals surface area contributed by atoms with Crippen LogP contribution in [0.25, 0.3) is 0 Å². The molecule has 0 saturated carbocycles. The van der Waals surface area contributed by atoms with Crippen molar-refractivity contribution in [3.8, 4) is 0 Å². The number of amides is 1. The van der Waals surface area contributed by atoms with E-state index in [1.807, 2.05) is 6.07 Å². The molecule has 1 N–H and O–H groups in total. The number of hydrogen-bond acceptors (Lipinski definition) is 3. The minimum absolute atomic E-state index is 0. The van der Waals surface area contributed by atoms with E-state index >= 15 is 0 Å². The van der Waals surface area contributed by atoms with Crippen molar-refractivity contribution in [2.75, 3.05) is 5.43 Å². The van der Waals surface area contributed by atoms with Crippen LogP contribution in [-0.2, 0) is 0 Å². The van der Waals surface area contributed by atoms with Gasteiger partial charge in [-0.15, -0.1) is 5.43 Å². The van der Waals surface area contributed by atoms with E-state index in [1.165, 1.54) is 28.9 Å². The van der Waals surface area contributed by atoms with Crippen LogP contribution in [0.15, 0.2) is 54.9 Å². The molecule has 0 unspecified atom stereocenters. The van der Waals surface area contributed by atoms with Gasteiger partial charge in [0.25, 0.3) is 5.69 Å². The van der Waals surface area contributed by atoms with Crippen LogP contribution in [-0.4, -0.2) is 10.8 Å². The number of nitro benzene ring substituents is 1. The first-order valence-electron chi connectivity index (χ1n) is 5.19. The zero-order valence-electron chi connectivity index (χ0n) is 9.69. The minimum atomic E-state index is -0.535. The molecule has 0 radical (unpaired) electrons. The summed E-state index contributed by atoms with van der Waals surface area (Å²) >= 11 is 0. The third kappa shape index (κ3) is 3.75. The molecule has 0 aliphatic carbocycles. The second kappa shape index (κ2) is 6.46. The number of pyridine rings is 1. The van der Waals surface area contributed by atoms with Gasteiger partial charge in [0.05, 0.1) is 10.5 Å². The van der Waals surface area contributed by atoms with E-state index in [0.29, 0.717) is 0 Å². The molecule has 0 aliphatic heterocycles. The summed E-state index contributed by atoms with van der Waals surface area (Å²) < 4.78 is 1.47. The van der Waals surface area contributed by atoms with Gasteiger partial charge in [0.15, 0.2) is 12.4 Å². The first kappa shape index (κ1) is 14.6. The fourth-order valence-corrected chi connectivity index (χ4v) is 1.42. The van der Waals surface area contributed by atoms with Crippen molar-refractivity contribution in [2.24, 2.45) is 0 Å². The Hall–Kier alpha value is -2.47. The van der Waals surface area contributed by atoms with Gasteiger partial charge in [-0.1, -0.05) is 16.8 Å². The van der Waals surface area contributed by atoms with Gasteiger partial charge in [-0.2, -0.15) is 0 Å². The quantitative estimate of drug-likeness (QED) is 0.412. The SMILES string of the molecule is O=C(N[n+]1ccccc1)c1cccc([N+](=O)[O-])c1.[Cl-]. The minimum Gasteiger partial charge on any atom is -1.00 e. The Morgan fingerprint density at radius 1 is 1.16 bits per heavy atom. The molecule has 2 rings (SSSR count). The van der Waals surface area contributed by atoms with Crippen LogP contribution in [0.3, 0.4) is 0 Å². The molecule has 0 aliphatic rings. The van der Waals surface area contributed by atoms with Crippen molar-refractivity contribution >= 4 is 11.6 Å². The normalized spacial score (nSPS) is 9.26. The lowest BCUT2D eigenvalue weighted by Crippen LogP contribution is -3.00. The van der Waals surface area contributed by atoms with Crippen LogP contribution in [0.4, 0.5) is 5.69 Å². The summed E-state index contributed by atoms with van der Waals surface area (Å²) in [5.41, 5.74) is 2.71. The zero-order chi connectivity index (χ0) is 13.0. The van der Waals surface area contributed by atoms with Gasteiger partial charge >= 0.3 is 5.91 Å². The number of aromatic nitrogens is 1. The van der Waals surface area contributed by atoms with Gasteiger partial charge in [0, 0.05) is 24.3 Å². The van der Waals surface area contributed by atoms with Crippen LogP contribution < -0.4 is 22.5 Å². The maximum absolute atomic E-state index is 11.8. The highest BCUT2D eigenvalue weighted by atomic mass is 35.5. The average Bonchev–Trinajstić information content (AvgIpc) is 2.40. The van der Waals surface area contributed by atoms with Gasteiger partial charge in [-0.05, 0) is 6.07 Å². The third-order valence-electron chi connectivity index (χ3n) is 2.27. The summed E-state index contributed by atoms with van der Waals surface area (Å²) in [6.07, 6.45) is 3.32. The Bertz CT molecular complexity index is 590. The zero-order valence-corrected chi connectivity index (χ0v) is 10.4. The number of nitrogens with one attached hydrogen (secondary N) is 1. The summed E-state index contributed by atoms with van der Waals surface area (Å²) in [6, 6.07) is 10.9. The van der Waals surface area contributed by atoms with E-state index in [-0.39, 0.29) is 23.7 Å².